The van der Waals surface area contributed by atoms with E-state index < -0.39 is 5.97 Å². The highest BCUT2D eigenvalue weighted by Gasteiger charge is 2.25. The Morgan fingerprint density at radius 2 is 2.31 bits per heavy atom. The van der Waals surface area contributed by atoms with E-state index in [1.807, 2.05) is 6.07 Å². The summed E-state index contributed by atoms with van der Waals surface area (Å²) in [7, 11) is 1.61. The second-order valence-corrected chi connectivity index (χ2v) is 3.70. The first-order valence-corrected chi connectivity index (χ1v) is 5.57. The predicted molar refractivity (Wildman–Crippen MR) is 58.5 cm³/mol. The molecule has 1 aliphatic rings. The van der Waals surface area contributed by atoms with Crippen molar-refractivity contribution < 1.29 is 14.3 Å². The van der Waals surface area contributed by atoms with E-state index in [4.69, 9.17) is 14.7 Å². The first-order chi connectivity index (χ1) is 7.74. The van der Waals surface area contributed by atoms with E-state index in [9.17, 15) is 4.79 Å². The normalized spacial score (nSPS) is 23.4. The van der Waals surface area contributed by atoms with Crippen LogP contribution in [0.1, 0.15) is 32.6 Å². The van der Waals surface area contributed by atoms with Crippen molar-refractivity contribution in [1.29, 1.82) is 5.26 Å². The number of esters is 1. The van der Waals surface area contributed by atoms with Crippen molar-refractivity contribution in [3.63, 3.8) is 0 Å². The fourth-order valence-electron chi connectivity index (χ4n) is 1.98. The van der Waals surface area contributed by atoms with Gasteiger partial charge >= 0.3 is 5.97 Å². The SMILES string of the molecule is CCOC(=O)/C(C#N)=C1/CCCCC1OC. The van der Waals surface area contributed by atoms with E-state index in [0.717, 1.165) is 31.3 Å². The van der Waals surface area contributed by atoms with Gasteiger partial charge in [0.15, 0.2) is 0 Å². The van der Waals surface area contributed by atoms with Crippen LogP contribution in [0, 0.1) is 11.3 Å². The molecule has 1 aliphatic carbocycles. The Bertz CT molecular complexity index is 328. The molecule has 1 saturated carbocycles. The fraction of sp³-hybridized carbons (Fsp3) is 0.667. The number of carbonyl (C=O) groups excluding carboxylic acids is 1. The third kappa shape index (κ3) is 2.83. The lowest BCUT2D eigenvalue weighted by atomic mass is 9.88. The van der Waals surface area contributed by atoms with Gasteiger partial charge in [-0.05, 0) is 31.8 Å². The molecule has 0 aromatic rings. The molecule has 0 spiro atoms. The molecule has 0 aromatic heterocycles. The summed E-state index contributed by atoms with van der Waals surface area (Å²) < 4.78 is 10.2. The van der Waals surface area contributed by atoms with Crippen LogP contribution in [0.2, 0.25) is 0 Å². The monoisotopic (exact) mass is 223 g/mol. The Hall–Kier alpha value is -1.34. The van der Waals surface area contributed by atoms with Crippen LogP contribution in [0.3, 0.4) is 0 Å². The molecule has 0 N–H and O–H groups in total. The Balaban J connectivity index is 2.96. The summed E-state index contributed by atoms with van der Waals surface area (Å²) in [6.07, 6.45) is 3.59. The highest BCUT2D eigenvalue weighted by atomic mass is 16.5. The molecular formula is C12H17NO3. The van der Waals surface area contributed by atoms with Crippen molar-refractivity contribution in [2.75, 3.05) is 13.7 Å². The van der Waals surface area contributed by atoms with E-state index >= 15 is 0 Å². The van der Waals surface area contributed by atoms with Crippen LogP contribution < -0.4 is 0 Å². The predicted octanol–water partition coefficient (Wildman–Crippen LogP) is 1.96. The maximum absolute atomic E-state index is 11.6. The van der Waals surface area contributed by atoms with Gasteiger partial charge in [-0.3, -0.25) is 0 Å². The van der Waals surface area contributed by atoms with E-state index in [0.29, 0.717) is 0 Å². The van der Waals surface area contributed by atoms with Crippen molar-refractivity contribution in [2.24, 2.45) is 0 Å². The molecule has 0 amide bonds. The molecule has 1 atom stereocenters. The number of nitriles is 1. The fourth-order valence-corrected chi connectivity index (χ4v) is 1.98. The molecule has 0 bridgehead atoms. The minimum atomic E-state index is -0.524. The first-order valence-electron chi connectivity index (χ1n) is 5.57. The third-order valence-corrected chi connectivity index (χ3v) is 2.75. The molecule has 4 nitrogen and oxygen atoms in total. The molecule has 1 rings (SSSR count). The Labute approximate surface area is 95.8 Å². The van der Waals surface area contributed by atoms with E-state index in [1.165, 1.54) is 0 Å². The van der Waals surface area contributed by atoms with Crippen molar-refractivity contribution in [1.82, 2.24) is 0 Å². The number of methoxy groups -OCH3 is 1. The number of hydrogen-bond acceptors (Lipinski definition) is 4. The number of ether oxygens (including phenoxy) is 2. The second-order valence-electron chi connectivity index (χ2n) is 3.70. The summed E-state index contributed by atoms with van der Waals surface area (Å²) in [5.41, 5.74) is 0.933. The van der Waals surface area contributed by atoms with Crippen LogP contribution in [0.15, 0.2) is 11.1 Å². The molecular weight excluding hydrogens is 206 g/mol. The molecule has 0 radical (unpaired) electrons. The number of hydrogen-bond donors (Lipinski definition) is 0. The lowest BCUT2D eigenvalue weighted by Crippen LogP contribution is -2.22. The van der Waals surface area contributed by atoms with Gasteiger partial charge in [0.05, 0.1) is 12.7 Å². The molecule has 1 unspecified atom stereocenters. The second kappa shape index (κ2) is 6.29. The lowest BCUT2D eigenvalue weighted by Gasteiger charge is -2.24. The van der Waals surface area contributed by atoms with Crippen LogP contribution in [0.25, 0.3) is 0 Å². The lowest BCUT2D eigenvalue weighted by molar-refractivity contribution is -0.138. The summed E-state index contributed by atoms with van der Waals surface area (Å²) in [6.45, 7) is 2.02. The van der Waals surface area contributed by atoms with Crippen LogP contribution in [-0.2, 0) is 14.3 Å². The number of carbonyl (C=O) groups is 1. The Kier molecular flexibility index (Phi) is 5.00. The average Bonchev–Trinajstić information content (AvgIpc) is 2.31. The van der Waals surface area contributed by atoms with Gasteiger partial charge in [0, 0.05) is 7.11 Å². The highest BCUT2D eigenvalue weighted by molar-refractivity contribution is 5.93. The smallest absolute Gasteiger partial charge is 0.348 e. The van der Waals surface area contributed by atoms with Crippen LogP contribution >= 0.6 is 0 Å². The van der Waals surface area contributed by atoms with Crippen molar-refractivity contribution >= 4 is 5.97 Å². The largest absolute Gasteiger partial charge is 0.462 e. The van der Waals surface area contributed by atoms with Gasteiger partial charge in [0.25, 0.3) is 0 Å². The third-order valence-electron chi connectivity index (χ3n) is 2.75. The molecule has 0 aromatic carbocycles. The minimum Gasteiger partial charge on any atom is -0.462 e. The van der Waals surface area contributed by atoms with Crippen molar-refractivity contribution in [3.05, 3.63) is 11.1 Å². The maximum Gasteiger partial charge on any atom is 0.348 e. The standard InChI is InChI=1S/C12H17NO3/c1-3-16-12(14)10(8-13)9-6-4-5-7-11(9)15-2/h11H,3-7H2,1-2H3/b10-9-. The van der Waals surface area contributed by atoms with E-state index in [2.05, 4.69) is 0 Å². The van der Waals surface area contributed by atoms with Gasteiger partial charge in [-0.25, -0.2) is 4.79 Å². The molecule has 0 aliphatic heterocycles. The van der Waals surface area contributed by atoms with Gasteiger partial charge in [0.1, 0.15) is 11.6 Å². The van der Waals surface area contributed by atoms with Gasteiger partial charge in [-0.1, -0.05) is 6.42 Å². The zero-order valence-corrected chi connectivity index (χ0v) is 9.78. The summed E-state index contributed by atoms with van der Waals surface area (Å²) in [4.78, 5) is 11.6. The number of rotatable bonds is 3. The van der Waals surface area contributed by atoms with Crippen molar-refractivity contribution in [3.8, 4) is 6.07 Å². The summed E-state index contributed by atoms with van der Waals surface area (Å²) in [5.74, 6) is -0.524. The molecule has 16 heavy (non-hydrogen) atoms. The summed E-state index contributed by atoms with van der Waals surface area (Å²) in [6, 6.07) is 1.95. The Morgan fingerprint density at radius 3 is 2.88 bits per heavy atom. The summed E-state index contributed by atoms with van der Waals surface area (Å²) >= 11 is 0. The first kappa shape index (κ1) is 12.7. The van der Waals surface area contributed by atoms with E-state index in [-0.39, 0.29) is 18.3 Å². The Morgan fingerprint density at radius 1 is 1.56 bits per heavy atom. The zero-order valence-electron chi connectivity index (χ0n) is 9.78. The van der Waals surface area contributed by atoms with Gasteiger partial charge < -0.3 is 9.47 Å². The van der Waals surface area contributed by atoms with Gasteiger partial charge in [-0.15, -0.1) is 0 Å². The summed E-state index contributed by atoms with van der Waals surface area (Å²) in [5, 5.41) is 9.02. The topological polar surface area (TPSA) is 59.3 Å². The van der Waals surface area contributed by atoms with Crippen LogP contribution in [-0.4, -0.2) is 25.8 Å². The van der Waals surface area contributed by atoms with E-state index in [1.54, 1.807) is 14.0 Å². The van der Waals surface area contributed by atoms with Crippen LogP contribution in [0.4, 0.5) is 0 Å². The highest BCUT2D eigenvalue weighted by Crippen LogP contribution is 2.28. The molecule has 88 valence electrons. The van der Waals surface area contributed by atoms with Gasteiger partial charge in [-0.2, -0.15) is 5.26 Å². The zero-order chi connectivity index (χ0) is 12.0. The molecule has 0 saturated heterocycles. The molecule has 4 heteroatoms. The van der Waals surface area contributed by atoms with Crippen molar-refractivity contribution in [2.45, 2.75) is 38.7 Å². The number of nitrogens with zero attached hydrogens (tertiary/aromatic N) is 1. The quantitative estimate of drug-likeness (QED) is 0.417. The average molecular weight is 223 g/mol. The van der Waals surface area contributed by atoms with Gasteiger partial charge in [0.2, 0.25) is 0 Å². The van der Waals surface area contributed by atoms with Crippen LogP contribution in [0.5, 0.6) is 0 Å². The minimum absolute atomic E-state index is 0.104. The molecule has 1 fully saturated rings. The molecule has 0 heterocycles. The maximum atomic E-state index is 11.6.